The van der Waals surface area contributed by atoms with Gasteiger partial charge in [0.15, 0.2) is 18.6 Å². The number of rotatable bonds is 5. The van der Waals surface area contributed by atoms with Gasteiger partial charge in [-0.1, -0.05) is 16.8 Å². The molecule has 1 atom stereocenters. The highest BCUT2D eigenvalue weighted by Gasteiger charge is 2.42. The van der Waals surface area contributed by atoms with E-state index in [1.54, 1.807) is 43.3 Å². The smallest absolute Gasteiger partial charge is 0.251 e. The van der Waals surface area contributed by atoms with E-state index in [0.29, 0.717) is 22.9 Å². The van der Waals surface area contributed by atoms with E-state index in [4.69, 9.17) is 4.42 Å². The molecular formula is C22H19N5O5. The van der Waals surface area contributed by atoms with Gasteiger partial charge in [0, 0.05) is 5.56 Å². The topological polar surface area (TPSA) is 120 Å². The Balaban J connectivity index is 1.35. The average Bonchev–Trinajstić information content (AvgIpc) is 3.45. The van der Waals surface area contributed by atoms with Crippen LogP contribution in [0.15, 0.2) is 57.5 Å². The molecule has 0 radical (unpaired) electrons. The first-order valence-electron chi connectivity index (χ1n) is 9.97. The number of aromatic nitrogens is 3. The third-order valence-corrected chi connectivity index (χ3v) is 5.59. The van der Waals surface area contributed by atoms with Gasteiger partial charge in [-0.2, -0.15) is 0 Å². The number of hydrogen-bond acceptors (Lipinski definition) is 8. The summed E-state index contributed by atoms with van der Waals surface area (Å²) >= 11 is 0. The summed E-state index contributed by atoms with van der Waals surface area (Å²) in [5.74, 6) is -0.760. The first-order chi connectivity index (χ1) is 15.4. The van der Waals surface area contributed by atoms with Gasteiger partial charge in [-0.05, 0) is 43.4 Å². The zero-order valence-electron chi connectivity index (χ0n) is 17.4. The van der Waals surface area contributed by atoms with E-state index in [-0.39, 0.29) is 24.8 Å². The molecule has 10 heteroatoms. The standard InChI is InChI=1S/C22H19N5O5/c1-25(12-17-22(30)32-24-26(17)2)16-11-19(28)27(21(16)29)14-9-7-13(8-10-14)20-23-15-5-3-4-6-18(15)31-20/h3-10,16H,11-12H2,1-2H3. The number of para-hydroxylation sites is 2. The fourth-order valence-corrected chi connectivity index (χ4v) is 3.83. The molecule has 3 heterocycles. The quantitative estimate of drug-likeness (QED) is 0.340. The van der Waals surface area contributed by atoms with Crippen LogP contribution in [0.3, 0.4) is 0 Å². The molecule has 5 rings (SSSR count). The van der Waals surface area contributed by atoms with Crippen molar-refractivity contribution in [2.75, 3.05) is 11.9 Å². The van der Waals surface area contributed by atoms with E-state index in [1.165, 1.54) is 9.58 Å². The van der Waals surface area contributed by atoms with Crippen molar-refractivity contribution in [3.63, 3.8) is 0 Å². The highest BCUT2D eigenvalue weighted by Crippen LogP contribution is 2.29. The van der Waals surface area contributed by atoms with Crippen LogP contribution in [0.25, 0.3) is 22.6 Å². The highest BCUT2D eigenvalue weighted by molar-refractivity contribution is 6.22. The minimum atomic E-state index is -0.687. The van der Waals surface area contributed by atoms with Crippen LogP contribution >= 0.6 is 0 Å². The van der Waals surface area contributed by atoms with Crippen molar-refractivity contribution in [2.45, 2.75) is 19.0 Å². The Labute approximate surface area is 182 Å². The largest absolute Gasteiger partial charge is 0.539 e. The van der Waals surface area contributed by atoms with Gasteiger partial charge >= 0.3 is 0 Å². The van der Waals surface area contributed by atoms with Crippen LogP contribution < -0.4 is 14.7 Å². The van der Waals surface area contributed by atoms with Crippen LogP contribution in [0, 0.1) is 0 Å². The second-order valence-electron chi connectivity index (χ2n) is 7.67. The minimum absolute atomic E-state index is 0.0192. The van der Waals surface area contributed by atoms with Crippen LogP contribution in [-0.2, 0) is 23.2 Å². The lowest BCUT2D eigenvalue weighted by Crippen LogP contribution is -2.43. The molecular weight excluding hydrogens is 414 g/mol. The summed E-state index contributed by atoms with van der Waals surface area (Å²) in [5, 5.41) is 15.3. The first kappa shape index (κ1) is 19.9. The lowest BCUT2D eigenvalue weighted by molar-refractivity contribution is -0.747. The SMILES string of the molecule is CN(Cc1c([O-])on[n+]1C)C1CC(=O)N(c2ccc(-c3nc4ccccc4o3)cc2)C1=O. The second-order valence-corrected chi connectivity index (χ2v) is 7.67. The molecule has 2 aromatic carbocycles. The molecule has 10 nitrogen and oxygen atoms in total. The Bertz CT molecular complexity index is 1270. The Morgan fingerprint density at radius 1 is 1.19 bits per heavy atom. The maximum Gasteiger partial charge on any atom is 0.251 e. The first-order valence-corrected chi connectivity index (χ1v) is 9.97. The number of oxazole rings is 1. The zero-order valence-corrected chi connectivity index (χ0v) is 17.4. The molecule has 0 aliphatic carbocycles. The zero-order chi connectivity index (χ0) is 22.4. The van der Waals surface area contributed by atoms with E-state index in [9.17, 15) is 14.7 Å². The molecule has 0 bridgehead atoms. The number of nitrogens with zero attached hydrogens (tertiary/aromatic N) is 5. The lowest BCUT2D eigenvalue weighted by Gasteiger charge is -2.21. The van der Waals surface area contributed by atoms with Gasteiger partial charge in [0.1, 0.15) is 5.52 Å². The molecule has 1 fully saturated rings. The highest BCUT2D eigenvalue weighted by atomic mass is 16.6. The molecule has 0 N–H and O–H groups in total. The molecule has 162 valence electrons. The number of aryl methyl sites for hydroxylation is 1. The Morgan fingerprint density at radius 3 is 2.62 bits per heavy atom. The number of fused-ring (bicyclic) bond motifs is 1. The maximum atomic E-state index is 13.0. The number of benzene rings is 2. The van der Waals surface area contributed by atoms with Crippen molar-refractivity contribution >= 4 is 28.6 Å². The van der Waals surface area contributed by atoms with E-state index < -0.39 is 12.0 Å². The van der Waals surface area contributed by atoms with Gasteiger partial charge in [-0.15, -0.1) is 0 Å². The van der Waals surface area contributed by atoms with Crippen molar-refractivity contribution in [1.29, 1.82) is 0 Å². The predicted molar refractivity (Wildman–Crippen MR) is 109 cm³/mol. The van der Waals surface area contributed by atoms with E-state index in [2.05, 4.69) is 14.8 Å². The summed E-state index contributed by atoms with van der Waals surface area (Å²) in [6.45, 7) is 0.132. The number of anilines is 1. The second kappa shape index (κ2) is 7.57. The molecule has 1 unspecified atom stereocenters. The van der Waals surface area contributed by atoms with Crippen molar-refractivity contribution in [1.82, 2.24) is 15.2 Å². The monoisotopic (exact) mass is 433 g/mol. The van der Waals surface area contributed by atoms with Crippen molar-refractivity contribution in [2.24, 2.45) is 7.05 Å². The summed E-state index contributed by atoms with van der Waals surface area (Å²) in [5.41, 5.74) is 2.94. The summed E-state index contributed by atoms with van der Waals surface area (Å²) in [6, 6.07) is 13.7. The molecule has 2 aromatic heterocycles. The molecule has 4 aromatic rings. The van der Waals surface area contributed by atoms with Gasteiger partial charge in [0.25, 0.3) is 5.91 Å². The van der Waals surface area contributed by atoms with Crippen LogP contribution in [0.2, 0.25) is 0 Å². The van der Waals surface area contributed by atoms with E-state index >= 15 is 0 Å². The molecule has 1 saturated heterocycles. The normalized spacial score (nSPS) is 16.6. The predicted octanol–water partition coefficient (Wildman–Crippen LogP) is 1.14. The fraction of sp³-hybridized carbons (Fsp3) is 0.227. The third-order valence-electron chi connectivity index (χ3n) is 5.59. The number of likely N-dealkylation sites (N-methyl/N-ethyl adjacent to an activating group) is 1. The molecule has 1 aliphatic rings. The molecule has 32 heavy (non-hydrogen) atoms. The molecule has 0 spiro atoms. The average molecular weight is 433 g/mol. The number of hydrogen-bond donors (Lipinski definition) is 0. The fourth-order valence-electron chi connectivity index (χ4n) is 3.83. The van der Waals surface area contributed by atoms with E-state index in [1.807, 2.05) is 24.3 Å². The van der Waals surface area contributed by atoms with Crippen LogP contribution in [0.5, 0.6) is 5.95 Å². The summed E-state index contributed by atoms with van der Waals surface area (Å²) in [7, 11) is 3.27. The van der Waals surface area contributed by atoms with Crippen molar-refractivity contribution < 1.29 is 28.3 Å². The Kier molecular flexibility index (Phi) is 4.71. The number of imide groups is 1. The van der Waals surface area contributed by atoms with Crippen LogP contribution in [-0.4, -0.2) is 40.1 Å². The van der Waals surface area contributed by atoms with Gasteiger partial charge in [-0.25, -0.2) is 9.88 Å². The van der Waals surface area contributed by atoms with Gasteiger partial charge < -0.3 is 14.0 Å². The number of carbonyl (C=O) groups excluding carboxylic acids is 2. The Hall–Kier alpha value is -4.05. The van der Waals surface area contributed by atoms with Crippen LogP contribution in [0.1, 0.15) is 12.1 Å². The summed E-state index contributed by atoms with van der Waals surface area (Å²) in [6.07, 6.45) is 0.0192. The minimum Gasteiger partial charge on any atom is -0.539 e. The Morgan fingerprint density at radius 2 is 1.94 bits per heavy atom. The molecule has 0 saturated carbocycles. The van der Waals surface area contributed by atoms with Gasteiger partial charge in [-0.3, -0.25) is 14.5 Å². The van der Waals surface area contributed by atoms with Crippen molar-refractivity contribution in [3.8, 4) is 17.4 Å². The van der Waals surface area contributed by atoms with Crippen LogP contribution in [0.4, 0.5) is 5.69 Å². The third kappa shape index (κ3) is 3.30. The molecule has 1 aliphatic heterocycles. The lowest BCUT2D eigenvalue weighted by atomic mass is 10.2. The number of carbonyl (C=O) groups is 2. The van der Waals surface area contributed by atoms with Gasteiger partial charge in [0.05, 0.1) is 30.0 Å². The van der Waals surface area contributed by atoms with E-state index in [0.717, 1.165) is 11.1 Å². The molecule has 2 amide bonds. The van der Waals surface area contributed by atoms with Gasteiger partial charge in [0.2, 0.25) is 17.5 Å². The van der Waals surface area contributed by atoms with Crippen molar-refractivity contribution in [3.05, 3.63) is 54.2 Å². The summed E-state index contributed by atoms with van der Waals surface area (Å²) in [4.78, 5) is 33.0. The number of amides is 2. The maximum absolute atomic E-state index is 13.0. The summed E-state index contributed by atoms with van der Waals surface area (Å²) < 4.78 is 11.7.